The average molecular weight is 277 g/mol. The van der Waals surface area contributed by atoms with E-state index in [1.807, 2.05) is 19.1 Å². The van der Waals surface area contributed by atoms with Crippen LogP contribution in [-0.2, 0) is 9.53 Å². The summed E-state index contributed by atoms with van der Waals surface area (Å²) in [7, 11) is 0. The summed E-state index contributed by atoms with van der Waals surface area (Å²) in [5, 5.41) is 2.94. The molecule has 0 saturated carbocycles. The van der Waals surface area contributed by atoms with Gasteiger partial charge in [-0.1, -0.05) is 24.6 Å². The lowest BCUT2D eigenvalue weighted by molar-refractivity contribution is -0.127. The van der Waals surface area contributed by atoms with Crippen LogP contribution in [0.4, 0.5) is 0 Å². The molecule has 1 aliphatic heterocycles. The van der Waals surface area contributed by atoms with E-state index in [4.69, 9.17) is 9.47 Å². The van der Waals surface area contributed by atoms with Gasteiger partial charge in [0.25, 0.3) is 0 Å². The van der Waals surface area contributed by atoms with Crippen molar-refractivity contribution in [1.29, 1.82) is 0 Å². The van der Waals surface area contributed by atoms with Crippen molar-refractivity contribution in [2.75, 3.05) is 26.4 Å². The molecule has 20 heavy (non-hydrogen) atoms. The highest BCUT2D eigenvalue weighted by Gasteiger charge is 2.33. The molecule has 1 fully saturated rings. The van der Waals surface area contributed by atoms with Crippen molar-refractivity contribution in [2.45, 2.75) is 27.2 Å². The maximum absolute atomic E-state index is 11.7. The number of aryl methyl sites for hydroxylation is 2. The van der Waals surface area contributed by atoms with Crippen LogP contribution < -0.4 is 10.1 Å². The molecule has 1 N–H and O–H groups in total. The number of hydrogen-bond donors (Lipinski definition) is 1. The average Bonchev–Trinajstić information content (AvgIpc) is 2.37. The van der Waals surface area contributed by atoms with E-state index in [1.54, 1.807) is 0 Å². The van der Waals surface area contributed by atoms with Gasteiger partial charge in [-0.15, -0.1) is 0 Å². The van der Waals surface area contributed by atoms with Gasteiger partial charge in [0.15, 0.2) is 0 Å². The molecular formula is C16H23NO3. The van der Waals surface area contributed by atoms with Crippen molar-refractivity contribution in [3.8, 4) is 5.75 Å². The Bertz CT molecular complexity index is 481. The first-order chi connectivity index (χ1) is 9.48. The van der Waals surface area contributed by atoms with Gasteiger partial charge in [-0.25, -0.2) is 0 Å². The number of carbonyl (C=O) groups is 1. The molecule has 0 spiro atoms. The van der Waals surface area contributed by atoms with Crippen LogP contribution in [0.5, 0.6) is 5.75 Å². The van der Waals surface area contributed by atoms with Gasteiger partial charge in [0.2, 0.25) is 5.91 Å². The zero-order valence-electron chi connectivity index (χ0n) is 12.5. The van der Waals surface area contributed by atoms with E-state index < -0.39 is 0 Å². The molecule has 0 bridgehead atoms. The molecule has 4 nitrogen and oxygen atoms in total. The Morgan fingerprint density at radius 2 is 2.15 bits per heavy atom. The molecule has 0 unspecified atom stereocenters. The van der Waals surface area contributed by atoms with Gasteiger partial charge in [-0.2, -0.15) is 0 Å². The molecule has 1 aliphatic rings. The summed E-state index contributed by atoms with van der Waals surface area (Å²) in [4.78, 5) is 11.7. The van der Waals surface area contributed by atoms with Gasteiger partial charge in [0.1, 0.15) is 5.75 Å². The fraction of sp³-hybridized carbons (Fsp3) is 0.562. The molecule has 0 aliphatic carbocycles. The predicted octanol–water partition coefficient (Wildman–Crippen LogP) is 2.23. The van der Waals surface area contributed by atoms with Crippen LogP contribution in [-0.4, -0.2) is 32.3 Å². The van der Waals surface area contributed by atoms with Gasteiger partial charge in [0.05, 0.1) is 26.2 Å². The smallest absolute Gasteiger partial charge is 0.223 e. The number of carbonyl (C=O) groups excluding carboxylic acids is 1. The molecule has 1 amide bonds. The predicted molar refractivity (Wildman–Crippen MR) is 78.0 cm³/mol. The van der Waals surface area contributed by atoms with Gasteiger partial charge in [0, 0.05) is 12.0 Å². The Labute approximate surface area is 120 Å². The summed E-state index contributed by atoms with van der Waals surface area (Å²) in [6.07, 6.45) is 0.379. The molecule has 1 aromatic rings. The first kappa shape index (κ1) is 14.9. The first-order valence-corrected chi connectivity index (χ1v) is 7.03. The highest BCUT2D eigenvalue weighted by atomic mass is 16.5. The van der Waals surface area contributed by atoms with Crippen LogP contribution >= 0.6 is 0 Å². The summed E-state index contributed by atoms with van der Waals surface area (Å²) in [5.41, 5.74) is 2.43. The highest BCUT2D eigenvalue weighted by Crippen LogP contribution is 2.25. The van der Waals surface area contributed by atoms with Gasteiger partial charge in [-0.05, 0) is 25.5 Å². The second kappa shape index (κ2) is 6.27. The second-order valence-electron chi connectivity index (χ2n) is 5.95. The third-order valence-corrected chi connectivity index (χ3v) is 3.53. The highest BCUT2D eigenvalue weighted by molar-refractivity contribution is 5.76. The normalized spacial score (nSPS) is 16.4. The summed E-state index contributed by atoms with van der Waals surface area (Å²) in [5.74, 6) is 0.880. The quantitative estimate of drug-likeness (QED) is 0.867. The van der Waals surface area contributed by atoms with Crippen molar-refractivity contribution in [2.24, 2.45) is 5.41 Å². The van der Waals surface area contributed by atoms with Crippen molar-refractivity contribution >= 4 is 5.91 Å². The lowest BCUT2D eigenvalue weighted by Gasteiger charge is -2.38. The SMILES string of the molecule is Cc1ccc(OCCC(=O)NCC2(C)COC2)c(C)c1. The summed E-state index contributed by atoms with van der Waals surface area (Å²) < 4.78 is 10.8. The van der Waals surface area contributed by atoms with Crippen molar-refractivity contribution < 1.29 is 14.3 Å². The van der Waals surface area contributed by atoms with E-state index in [-0.39, 0.29) is 11.3 Å². The number of ether oxygens (including phenoxy) is 2. The standard InChI is InChI=1S/C16H23NO3/c1-12-4-5-14(13(2)8-12)20-7-6-15(18)17-9-16(3)10-19-11-16/h4-5,8H,6-7,9-11H2,1-3H3,(H,17,18). The lowest BCUT2D eigenvalue weighted by atomic mass is 9.89. The first-order valence-electron chi connectivity index (χ1n) is 7.03. The number of benzene rings is 1. The maximum Gasteiger partial charge on any atom is 0.223 e. The van der Waals surface area contributed by atoms with Crippen LogP contribution in [0, 0.1) is 19.3 Å². The van der Waals surface area contributed by atoms with Crippen molar-refractivity contribution in [3.63, 3.8) is 0 Å². The van der Waals surface area contributed by atoms with E-state index in [0.29, 0.717) is 19.6 Å². The Balaban J connectivity index is 1.68. The zero-order valence-corrected chi connectivity index (χ0v) is 12.5. The molecule has 1 saturated heterocycles. The van der Waals surface area contributed by atoms with E-state index in [1.165, 1.54) is 5.56 Å². The van der Waals surface area contributed by atoms with E-state index in [9.17, 15) is 4.79 Å². The summed E-state index contributed by atoms with van der Waals surface area (Å²) >= 11 is 0. The van der Waals surface area contributed by atoms with Crippen LogP contribution in [0.15, 0.2) is 18.2 Å². The molecule has 0 atom stereocenters. The third-order valence-electron chi connectivity index (χ3n) is 3.53. The van der Waals surface area contributed by atoms with Gasteiger partial charge < -0.3 is 14.8 Å². The Hall–Kier alpha value is -1.55. The third kappa shape index (κ3) is 3.97. The van der Waals surface area contributed by atoms with Crippen molar-refractivity contribution in [3.05, 3.63) is 29.3 Å². The molecular weight excluding hydrogens is 254 g/mol. The van der Waals surface area contributed by atoms with E-state index in [0.717, 1.165) is 24.5 Å². The summed E-state index contributed by atoms with van der Waals surface area (Å²) in [6, 6.07) is 6.04. The topological polar surface area (TPSA) is 47.6 Å². The van der Waals surface area contributed by atoms with Crippen LogP contribution in [0.1, 0.15) is 24.5 Å². The fourth-order valence-corrected chi connectivity index (χ4v) is 2.17. The number of nitrogens with one attached hydrogen (secondary N) is 1. The molecule has 2 rings (SSSR count). The molecule has 110 valence electrons. The van der Waals surface area contributed by atoms with Crippen LogP contribution in [0.2, 0.25) is 0 Å². The Kier molecular flexibility index (Phi) is 4.65. The minimum atomic E-state index is 0.0305. The number of amides is 1. The minimum Gasteiger partial charge on any atom is -0.493 e. The Morgan fingerprint density at radius 3 is 2.75 bits per heavy atom. The van der Waals surface area contributed by atoms with Gasteiger partial charge >= 0.3 is 0 Å². The van der Waals surface area contributed by atoms with Crippen LogP contribution in [0.3, 0.4) is 0 Å². The maximum atomic E-state index is 11.7. The van der Waals surface area contributed by atoms with Gasteiger partial charge in [-0.3, -0.25) is 4.79 Å². The van der Waals surface area contributed by atoms with E-state index in [2.05, 4.69) is 25.2 Å². The zero-order chi connectivity index (χ0) is 14.6. The van der Waals surface area contributed by atoms with Crippen LogP contribution in [0.25, 0.3) is 0 Å². The molecule has 0 radical (unpaired) electrons. The van der Waals surface area contributed by atoms with E-state index >= 15 is 0 Å². The number of hydrogen-bond acceptors (Lipinski definition) is 3. The molecule has 1 heterocycles. The Morgan fingerprint density at radius 1 is 1.40 bits per heavy atom. The summed E-state index contributed by atoms with van der Waals surface area (Å²) in [6.45, 7) is 8.72. The molecule has 1 aromatic carbocycles. The number of rotatable bonds is 6. The van der Waals surface area contributed by atoms with Crippen molar-refractivity contribution in [1.82, 2.24) is 5.32 Å². The second-order valence-corrected chi connectivity index (χ2v) is 5.95. The lowest BCUT2D eigenvalue weighted by Crippen LogP contribution is -2.48. The minimum absolute atomic E-state index is 0.0305. The molecule has 4 heteroatoms. The fourth-order valence-electron chi connectivity index (χ4n) is 2.17. The largest absolute Gasteiger partial charge is 0.493 e. The molecule has 0 aromatic heterocycles. The monoisotopic (exact) mass is 277 g/mol.